The van der Waals surface area contributed by atoms with Crippen LogP contribution in [-0.4, -0.2) is 72.8 Å². The molecule has 47 heavy (non-hydrogen) atoms. The molecule has 2 aliphatic heterocycles. The number of anilines is 1. The Labute approximate surface area is 277 Å². The third-order valence-electron chi connectivity index (χ3n) is 10.9. The third-order valence-corrected chi connectivity index (χ3v) is 12.1. The van der Waals surface area contributed by atoms with Crippen LogP contribution in [0.1, 0.15) is 50.4 Å². The van der Waals surface area contributed by atoms with E-state index in [2.05, 4.69) is 31.6 Å². The van der Waals surface area contributed by atoms with E-state index < -0.39 is 21.3 Å². The Balaban J connectivity index is 1.20. The van der Waals surface area contributed by atoms with Gasteiger partial charge >= 0.3 is 6.09 Å². The van der Waals surface area contributed by atoms with Crippen LogP contribution >= 0.6 is 0 Å². The average molecular weight is 662 g/mol. The number of aromatic nitrogens is 2. The summed E-state index contributed by atoms with van der Waals surface area (Å²) in [5.74, 6) is 1.46. The number of nitrogens with one attached hydrogen (secondary N) is 1. The number of amides is 1. The van der Waals surface area contributed by atoms with Gasteiger partial charge in [0, 0.05) is 73.3 Å². The van der Waals surface area contributed by atoms with Gasteiger partial charge in [-0.25, -0.2) is 22.6 Å². The largest absolute Gasteiger partial charge is 0.465 e. The Kier molecular flexibility index (Phi) is 9.62. The van der Waals surface area contributed by atoms with Gasteiger partial charge in [-0.3, -0.25) is 0 Å². The molecule has 1 amide bonds. The van der Waals surface area contributed by atoms with E-state index in [4.69, 9.17) is 6.42 Å². The van der Waals surface area contributed by atoms with Crippen LogP contribution in [0.25, 0.3) is 0 Å². The third kappa shape index (κ3) is 6.76. The number of aryl methyl sites for hydroxylation is 1. The molecule has 3 fully saturated rings. The number of carbonyl (C=O) groups is 1. The fraction of sp³-hybridized carbons (Fsp3) is 0.500. The molecule has 1 saturated carbocycles. The molecule has 3 atom stereocenters. The summed E-state index contributed by atoms with van der Waals surface area (Å²) in [5, 5.41) is 14.5. The molecule has 2 N–H and O–H groups in total. The summed E-state index contributed by atoms with van der Waals surface area (Å²) in [6, 6.07) is 13.6. The molecule has 6 rings (SSSR count). The van der Waals surface area contributed by atoms with E-state index in [1.807, 2.05) is 35.8 Å². The van der Waals surface area contributed by atoms with E-state index in [0.29, 0.717) is 12.5 Å². The second-order valence-corrected chi connectivity index (χ2v) is 15.1. The summed E-state index contributed by atoms with van der Waals surface area (Å²) in [4.78, 5) is 21.5. The summed E-state index contributed by atoms with van der Waals surface area (Å²) >= 11 is 0. The van der Waals surface area contributed by atoms with Gasteiger partial charge in [-0.15, -0.1) is 6.42 Å². The maximum atomic E-state index is 15.0. The molecular formula is C36H44FN5O4S. The lowest BCUT2D eigenvalue weighted by Crippen LogP contribution is -2.56. The van der Waals surface area contributed by atoms with E-state index in [1.54, 1.807) is 24.3 Å². The highest BCUT2D eigenvalue weighted by Gasteiger charge is 2.52. The molecule has 11 heteroatoms. The Bertz CT molecular complexity index is 1710. The Morgan fingerprint density at radius 2 is 1.87 bits per heavy atom. The van der Waals surface area contributed by atoms with E-state index in [1.165, 1.54) is 6.07 Å². The Morgan fingerprint density at radius 3 is 2.53 bits per heavy atom. The number of carboxylic acid groups (broad SMARTS) is 1. The van der Waals surface area contributed by atoms with Gasteiger partial charge in [-0.2, -0.15) is 0 Å². The predicted molar refractivity (Wildman–Crippen MR) is 179 cm³/mol. The summed E-state index contributed by atoms with van der Waals surface area (Å²) in [5.41, 5.74) is 1.46. The van der Waals surface area contributed by atoms with Crippen molar-refractivity contribution in [1.82, 2.24) is 19.8 Å². The highest BCUT2D eigenvalue weighted by Crippen LogP contribution is 2.52. The molecular weight excluding hydrogens is 617 g/mol. The summed E-state index contributed by atoms with van der Waals surface area (Å²) in [6.07, 6.45) is 13.2. The van der Waals surface area contributed by atoms with Gasteiger partial charge < -0.3 is 24.8 Å². The molecule has 0 unspecified atom stereocenters. The number of rotatable bonds is 11. The maximum Gasteiger partial charge on any atom is 0.404 e. The van der Waals surface area contributed by atoms with E-state index in [9.17, 15) is 18.3 Å². The molecule has 1 aromatic heterocycles. The lowest BCUT2D eigenvalue weighted by Gasteiger charge is -2.51. The van der Waals surface area contributed by atoms with Crippen molar-refractivity contribution in [3.05, 3.63) is 78.1 Å². The molecule has 9 nitrogen and oxygen atoms in total. The first kappa shape index (κ1) is 33.0. The highest BCUT2D eigenvalue weighted by atomic mass is 32.2. The highest BCUT2D eigenvalue weighted by molar-refractivity contribution is 7.96. The fourth-order valence-corrected chi connectivity index (χ4v) is 9.28. The van der Waals surface area contributed by atoms with Crippen molar-refractivity contribution in [3.8, 4) is 11.7 Å². The quantitative estimate of drug-likeness (QED) is 0.216. The predicted octanol–water partition coefficient (Wildman–Crippen LogP) is 5.17. The van der Waals surface area contributed by atoms with Crippen LogP contribution in [0.3, 0.4) is 0 Å². The molecule has 2 aromatic carbocycles. The number of nitrogens with zero attached hydrogens (tertiary/aromatic N) is 4. The summed E-state index contributed by atoms with van der Waals surface area (Å²) < 4.78 is 41.1. The lowest BCUT2D eigenvalue weighted by molar-refractivity contribution is 0.0548. The monoisotopic (exact) mass is 661 g/mol. The Morgan fingerprint density at radius 1 is 1.13 bits per heavy atom. The molecule has 3 heterocycles. The van der Waals surface area contributed by atoms with Crippen molar-refractivity contribution < 1.29 is 22.7 Å². The smallest absolute Gasteiger partial charge is 0.404 e. The zero-order valence-corrected chi connectivity index (χ0v) is 27.7. The number of piperidine rings is 1. The van der Waals surface area contributed by atoms with Crippen molar-refractivity contribution in [2.75, 3.05) is 37.6 Å². The van der Waals surface area contributed by atoms with Crippen molar-refractivity contribution in [2.45, 2.75) is 68.3 Å². The lowest BCUT2D eigenvalue weighted by atomic mass is 9.58. The maximum absolute atomic E-state index is 15.0. The van der Waals surface area contributed by atoms with Crippen LogP contribution in [-0.2, 0) is 28.2 Å². The zero-order valence-electron chi connectivity index (χ0n) is 26.9. The van der Waals surface area contributed by atoms with Crippen molar-refractivity contribution in [2.24, 2.45) is 17.8 Å². The standard InChI is InChI=1S/C36H44FN5O4S/c1-3-34-38-17-20-41(34)25-36(28-7-5-8-29(37)21-28,32-9-6-10-33(32)39-35(43)44)27-15-18-40(19-16-27)22-26-23-42(24-26)30-11-13-31(14-12-30)47(45,46)4-2/h2,5,7-8,11-14,17,20-21,26-27,32-33,39H,3,6,9-10,15-16,18-19,22-25H2,1H3,(H,43,44)/t32-,33-,36-/m0/s1. The average Bonchev–Trinajstić information content (AvgIpc) is 3.70. The van der Waals surface area contributed by atoms with Crippen LogP contribution in [0.2, 0.25) is 0 Å². The minimum Gasteiger partial charge on any atom is -0.465 e. The number of halogens is 1. The Hall–Kier alpha value is -3.88. The summed E-state index contributed by atoms with van der Waals surface area (Å²) in [7, 11) is -3.68. The van der Waals surface area contributed by atoms with Gasteiger partial charge in [-0.1, -0.05) is 25.5 Å². The number of likely N-dealkylation sites (tertiary alicyclic amines) is 1. The van der Waals surface area contributed by atoms with Crippen LogP contribution < -0.4 is 10.2 Å². The minimum atomic E-state index is -3.68. The van der Waals surface area contributed by atoms with Crippen LogP contribution in [0.5, 0.6) is 0 Å². The van der Waals surface area contributed by atoms with Gasteiger partial charge in [0.2, 0.25) is 9.84 Å². The molecule has 0 bridgehead atoms. The number of terminal acetylenes is 1. The fourth-order valence-electron chi connectivity index (χ4n) is 8.65. The SMILES string of the molecule is C#CS(=O)(=O)c1ccc(N2CC(CN3CCC([C@@](Cn4ccnc4CC)(c4cccc(F)c4)[C@H]4CCC[C@@H]4NC(=O)O)CC3)C2)cc1. The number of hydrogen-bond acceptors (Lipinski definition) is 6. The molecule has 1 aliphatic carbocycles. The van der Waals surface area contributed by atoms with Gasteiger partial charge in [0.25, 0.3) is 0 Å². The normalized spacial score (nSPS) is 22.4. The first-order chi connectivity index (χ1) is 22.6. The van der Waals surface area contributed by atoms with Crippen molar-refractivity contribution in [3.63, 3.8) is 0 Å². The second-order valence-electron chi connectivity index (χ2n) is 13.4. The first-order valence-corrected chi connectivity index (χ1v) is 18.2. The molecule has 0 radical (unpaired) electrons. The number of imidazole rings is 1. The first-order valence-electron chi connectivity index (χ1n) is 16.7. The second kappa shape index (κ2) is 13.7. The van der Waals surface area contributed by atoms with Gasteiger partial charge in [-0.05, 0) is 92.6 Å². The van der Waals surface area contributed by atoms with Gasteiger partial charge in [0.1, 0.15) is 11.6 Å². The number of benzene rings is 2. The molecule has 0 spiro atoms. The van der Waals surface area contributed by atoms with Crippen LogP contribution in [0, 0.1) is 35.2 Å². The molecule has 3 aliphatic rings. The minimum absolute atomic E-state index is 0.0197. The molecule has 3 aromatic rings. The number of hydrogen-bond donors (Lipinski definition) is 2. The molecule has 250 valence electrons. The van der Waals surface area contributed by atoms with Gasteiger partial charge in [0.15, 0.2) is 0 Å². The van der Waals surface area contributed by atoms with E-state index in [-0.39, 0.29) is 28.6 Å². The van der Waals surface area contributed by atoms with Crippen LogP contribution in [0.4, 0.5) is 14.9 Å². The van der Waals surface area contributed by atoms with Crippen molar-refractivity contribution >= 4 is 21.6 Å². The topological polar surface area (TPSA) is 108 Å². The van der Waals surface area contributed by atoms with Gasteiger partial charge in [0.05, 0.1) is 4.90 Å². The summed E-state index contributed by atoms with van der Waals surface area (Å²) in [6.45, 7) is 7.35. The van der Waals surface area contributed by atoms with Crippen LogP contribution in [0.15, 0.2) is 65.8 Å². The van der Waals surface area contributed by atoms with Crippen molar-refractivity contribution in [1.29, 1.82) is 0 Å². The number of sulfone groups is 1. The van der Waals surface area contributed by atoms with E-state index in [0.717, 1.165) is 88.3 Å². The molecule has 2 saturated heterocycles. The zero-order chi connectivity index (χ0) is 33.2. The van der Waals surface area contributed by atoms with E-state index >= 15 is 4.39 Å².